The van der Waals surface area contributed by atoms with Gasteiger partial charge in [0.25, 0.3) is 0 Å². The van der Waals surface area contributed by atoms with Crippen LogP contribution in [-0.2, 0) is 19.1 Å². The Morgan fingerprint density at radius 2 is 1.71 bits per heavy atom. The molecule has 0 radical (unpaired) electrons. The van der Waals surface area contributed by atoms with Crippen molar-refractivity contribution in [3.05, 3.63) is 29.8 Å². The average molecular weight is 295 g/mol. The van der Waals surface area contributed by atoms with E-state index < -0.39 is 0 Å². The zero-order valence-electron chi connectivity index (χ0n) is 13.3. The maximum absolute atomic E-state index is 10.8. The van der Waals surface area contributed by atoms with E-state index in [-0.39, 0.29) is 5.97 Å². The molecule has 0 saturated carbocycles. The lowest BCUT2D eigenvalue weighted by Gasteiger charge is -2.24. The molecule has 1 rings (SSSR count). The first-order valence-electron chi connectivity index (χ1n) is 6.88. The van der Waals surface area contributed by atoms with Crippen molar-refractivity contribution in [2.24, 2.45) is 0 Å². The summed E-state index contributed by atoms with van der Waals surface area (Å²) in [7, 11) is 1.68. The third kappa shape index (κ3) is 9.62. The van der Waals surface area contributed by atoms with Crippen LogP contribution in [0.15, 0.2) is 24.3 Å². The first-order valence-corrected chi connectivity index (χ1v) is 6.88. The van der Waals surface area contributed by atoms with Crippen molar-refractivity contribution >= 4 is 17.9 Å². The van der Waals surface area contributed by atoms with Gasteiger partial charge in [-0.25, -0.2) is 0 Å². The molecule has 0 bridgehead atoms. The summed E-state index contributed by atoms with van der Waals surface area (Å²) in [5, 5.41) is 0. The van der Waals surface area contributed by atoms with E-state index in [2.05, 4.69) is 36.1 Å². The van der Waals surface area contributed by atoms with Crippen molar-refractivity contribution in [2.75, 3.05) is 38.3 Å². The molecule has 0 fully saturated rings. The number of carbonyl (C=O) groups excluding carboxylic acids is 2. The van der Waals surface area contributed by atoms with Crippen LogP contribution in [0.25, 0.3) is 0 Å². The maximum atomic E-state index is 10.8. The minimum atomic E-state index is -0.245. The number of benzene rings is 1. The summed E-state index contributed by atoms with van der Waals surface area (Å²) >= 11 is 0. The van der Waals surface area contributed by atoms with Crippen molar-refractivity contribution in [2.45, 2.75) is 20.8 Å². The van der Waals surface area contributed by atoms with Crippen molar-refractivity contribution < 1.29 is 19.1 Å². The molecule has 118 valence electrons. The van der Waals surface area contributed by atoms with Crippen LogP contribution in [0.2, 0.25) is 0 Å². The highest BCUT2D eigenvalue weighted by Crippen LogP contribution is 2.14. The molecule has 0 unspecified atom stereocenters. The Balaban J connectivity index is 0.00000122. The van der Waals surface area contributed by atoms with E-state index in [0.29, 0.717) is 19.8 Å². The first kappa shape index (κ1) is 19.1. The molecule has 0 amide bonds. The van der Waals surface area contributed by atoms with Crippen LogP contribution in [0.3, 0.4) is 0 Å². The third-order valence-electron chi connectivity index (χ3n) is 2.63. The van der Waals surface area contributed by atoms with E-state index in [0.717, 1.165) is 18.5 Å². The molecule has 0 aliphatic carbocycles. The third-order valence-corrected chi connectivity index (χ3v) is 2.63. The summed E-state index contributed by atoms with van der Waals surface area (Å²) in [6, 6.07) is 8.28. The normalized spacial score (nSPS) is 9.33. The molecule has 0 heterocycles. The number of anilines is 1. The Morgan fingerprint density at radius 1 is 1.19 bits per heavy atom. The molecule has 21 heavy (non-hydrogen) atoms. The van der Waals surface area contributed by atoms with Crippen LogP contribution in [0.5, 0.6) is 0 Å². The van der Waals surface area contributed by atoms with Gasteiger partial charge in [0.1, 0.15) is 12.9 Å². The van der Waals surface area contributed by atoms with Gasteiger partial charge < -0.3 is 19.2 Å². The number of nitrogens with zero attached hydrogens (tertiary/aromatic N) is 1. The molecule has 1 aromatic carbocycles. The molecule has 0 N–H and O–H groups in total. The molecule has 0 saturated heterocycles. The van der Waals surface area contributed by atoms with Crippen LogP contribution in [0.1, 0.15) is 19.4 Å². The lowest BCUT2D eigenvalue weighted by Crippen LogP contribution is -2.31. The van der Waals surface area contributed by atoms with E-state index in [1.165, 1.54) is 19.4 Å². The monoisotopic (exact) mass is 295 g/mol. The molecule has 5 heteroatoms. The topological polar surface area (TPSA) is 55.8 Å². The highest BCUT2D eigenvalue weighted by molar-refractivity contribution is 5.65. The number of rotatable bonds is 7. The summed E-state index contributed by atoms with van der Waals surface area (Å²) in [5.74, 6) is -0.245. The largest absolute Gasteiger partial charge is 0.464 e. The zero-order valence-corrected chi connectivity index (χ0v) is 13.3. The second-order valence-corrected chi connectivity index (χ2v) is 4.39. The predicted molar refractivity (Wildman–Crippen MR) is 83.6 cm³/mol. The molecule has 0 aliphatic heterocycles. The molecule has 5 nitrogen and oxygen atoms in total. The first-order chi connectivity index (χ1) is 10.0. The van der Waals surface area contributed by atoms with Crippen LogP contribution in [-0.4, -0.2) is 45.7 Å². The molecule has 1 aromatic rings. The quantitative estimate of drug-likeness (QED) is 0.570. The Labute approximate surface area is 126 Å². The van der Waals surface area contributed by atoms with Crippen LogP contribution < -0.4 is 4.90 Å². The summed E-state index contributed by atoms with van der Waals surface area (Å²) in [6.45, 7) is 7.42. The number of esters is 1. The van der Waals surface area contributed by atoms with Crippen molar-refractivity contribution in [3.63, 3.8) is 0 Å². The summed E-state index contributed by atoms with van der Waals surface area (Å²) in [5.41, 5.74) is 2.34. The minimum absolute atomic E-state index is 0.245. The van der Waals surface area contributed by atoms with Crippen molar-refractivity contribution in [1.29, 1.82) is 0 Å². The highest BCUT2D eigenvalue weighted by atomic mass is 16.5. The molecular weight excluding hydrogens is 270 g/mol. The SMILES string of the molecule is CC=O.COCCN(CCOC(C)=O)c1ccc(C)cc1. The second-order valence-electron chi connectivity index (χ2n) is 4.39. The van der Waals surface area contributed by atoms with Gasteiger partial charge in [0.2, 0.25) is 0 Å². The van der Waals surface area contributed by atoms with Crippen LogP contribution in [0, 0.1) is 6.92 Å². The number of hydrogen-bond donors (Lipinski definition) is 0. The molecule has 0 spiro atoms. The number of aryl methyl sites for hydroxylation is 1. The minimum Gasteiger partial charge on any atom is -0.464 e. The molecule has 0 aromatic heterocycles. The Bertz CT molecular complexity index is 403. The Hall–Kier alpha value is -1.88. The molecule has 0 atom stereocenters. The Morgan fingerprint density at radius 3 is 2.19 bits per heavy atom. The van der Waals surface area contributed by atoms with Crippen molar-refractivity contribution in [1.82, 2.24) is 0 Å². The van der Waals surface area contributed by atoms with E-state index >= 15 is 0 Å². The summed E-state index contributed by atoms with van der Waals surface area (Å²) in [6.07, 6.45) is 0.750. The fourth-order valence-corrected chi connectivity index (χ4v) is 1.63. The van der Waals surface area contributed by atoms with E-state index in [4.69, 9.17) is 14.3 Å². The summed E-state index contributed by atoms with van der Waals surface area (Å²) < 4.78 is 10.1. The van der Waals surface area contributed by atoms with Crippen LogP contribution >= 0.6 is 0 Å². The van der Waals surface area contributed by atoms with Gasteiger partial charge in [-0.3, -0.25) is 4.79 Å². The number of methoxy groups -OCH3 is 1. The standard InChI is InChI=1S/C14H21NO3.C2H4O/c1-12-4-6-14(7-5-12)15(8-10-17-3)9-11-18-13(2)16;1-2-3/h4-7H,8-11H2,1-3H3;2H,1H3. The molecular formula is C16H25NO4. The number of carbonyl (C=O) groups is 2. The summed E-state index contributed by atoms with van der Waals surface area (Å²) in [4.78, 5) is 21.7. The molecule has 0 aliphatic rings. The van der Waals surface area contributed by atoms with Crippen LogP contribution in [0.4, 0.5) is 5.69 Å². The predicted octanol–water partition coefficient (Wildman–Crippen LogP) is 2.22. The van der Waals surface area contributed by atoms with Gasteiger partial charge in [0, 0.05) is 26.3 Å². The van der Waals surface area contributed by atoms with Gasteiger partial charge in [-0.1, -0.05) is 17.7 Å². The Kier molecular flexibility index (Phi) is 10.8. The smallest absolute Gasteiger partial charge is 0.302 e. The highest BCUT2D eigenvalue weighted by Gasteiger charge is 2.06. The van der Waals surface area contributed by atoms with E-state index in [1.807, 2.05) is 0 Å². The van der Waals surface area contributed by atoms with Gasteiger partial charge in [-0.15, -0.1) is 0 Å². The van der Waals surface area contributed by atoms with Crippen molar-refractivity contribution in [3.8, 4) is 0 Å². The fourth-order valence-electron chi connectivity index (χ4n) is 1.63. The lowest BCUT2D eigenvalue weighted by atomic mass is 10.2. The van der Waals surface area contributed by atoms with E-state index in [9.17, 15) is 4.79 Å². The van der Waals surface area contributed by atoms with Gasteiger partial charge >= 0.3 is 5.97 Å². The average Bonchev–Trinajstić information content (AvgIpc) is 2.44. The van der Waals surface area contributed by atoms with Gasteiger partial charge in [-0.2, -0.15) is 0 Å². The second kappa shape index (κ2) is 11.9. The number of aldehydes is 1. The number of hydrogen-bond acceptors (Lipinski definition) is 5. The number of ether oxygens (including phenoxy) is 2. The fraction of sp³-hybridized carbons (Fsp3) is 0.500. The lowest BCUT2D eigenvalue weighted by molar-refractivity contribution is -0.140. The maximum Gasteiger partial charge on any atom is 0.302 e. The zero-order chi connectivity index (χ0) is 16.1. The van der Waals surface area contributed by atoms with Gasteiger partial charge in [0.15, 0.2) is 0 Å². The van der Waals surface area contributed by atoms with Gasteiger partial charge in [0.05, 0.1) is 13.2 Å². The van der Waals surface area contributed by atoms with Gasteiger partial charge in [-0.05, 0) is 26.0 Å². The van der Waals surface area contributed by atoms with E-state index in [1.54, 1.807) is 7.11 Å².